The van der Waals surface area contributed by atoms with Crippen LogP contribution in [0.5, 0.6) is 0 Å². The van der Waals surface area contributed by atoms with Crippen LogP contribution in [0.1, 0.15) is 13.3 Å². The van der Waals surface area contributed by atoms with Gasteiger partial charge in [0, 0.05) is 24.9 Å². The molecular formula is C12H18F2N2S. The SMILES string of the molecule is CCC(CSC)N(C)c1cc(F)cc(F)c1N. The molecule has 0 heterocycles. The molecule has 1 unspecified atom stereocenters. The fourth-order valence-electron chi connectivity index (χ4n) is 1.76. The van der Waals surface area contributed by atoms with Gasteiger partial charge in [-0.2, -0.15) is 11.8 Å². The third-order valence-corrected chi connectivity index (χ3v) is 3.55. The molecule has 0 aliphatic rings. The van der Waals surface area contributed by atoms with Crippen LogP contribution in [0.15, 0.2) is 12.1 Å². The Balaban J connectivity index is 3.05. The van der Waals surface area contributed by atoms with Crippen LogP contribution in [-0.4, -0.2) is 25.1 Å². The van der Waals surface area contributed by atoms with E-state index in [9.17, 15) is 8.78 Å². The number of nitrogens with two attached hydrogens (primary N) is 1. The summed E-state index contributed by atoms with van der Waals surface area (Å²) >= 11 is 1.70. The van der Waals surface area contributed by atoms with Crippen LogP contribution in [0.2, 0.25) is 0 Å². The zero-order chi connectivity index (χ0) is 13.0. The van der Waals surface area contributed by atoms with Crippen molar-refractivity contribution in [2.24, 2.45) is 0 Å². The molecule has 5 heteroatoms. The molecule has 0 amide bonds. The van der Waals surface area contributed by atoms with Crippen molar-refractivity contribution in [3.8, 4) is 0 Å². The largest absolute Gasteiger partial charge is 0.395 e. The molecule has 0 aliphatic carbocycles. The van der Waals surface area contributed by atoms with Crippen molar-refractivity contribution in [2.75, 3.05) is 29.7 Å². The molecular weight excluding hydrogens is 242 g/mol. The minimum Gasteiger partial charge on any atom is -0.395 e. The lowest BCUT2D eigenvalue weighted by Gasteiger charge is -2.30. The summed E-state index contributed by atoms with van der Waals surface area (Å²) in [5, 5.41) is 0. The molecule has 0 spiro atoms. The lowest BCUT2D eigenvalue weighted by Crippen LogP contribution is -2.33. The predicted octanol–water partition coefficient (Wildman–Crippen LogP) is 3.12. The normalized spacial score (nSPS) is 12.5. The first-order chi connectivity index (χ1) is 8.01. The number of thioether (sulfide) groups is 1. The fourth-order valence-corrected chi connectivity index (χ4v) is 2.60. The van der Waals surface area contributed by atoms with Crippen molar-refractivity contribution in [3.63, 3.8) is 0 Å². The minimum atomic E-state index is -0.703. The number of rotatable bonds is 5. The first-order valence-electron chi connectivity index (χ1n) is 5.47. The van der Waals surface area contributed by atoms with E-state index in [0.29, 0.717) is 5.69 Å². The Hall–Kier alpha value is -0.970. The van der Waals surface area contributed by atoms with Crippen LogP contribution in [-0.2, 0) is 0 Å². The van der Waals surface area contributed by atoms with Gasteiger partial charge in [-0.3, -0.25) is 0 Å². The highest BCUT2D eigenvalue weighted by atomic mass is 32.2. The van der Waals surface area contributed by atoms with Crippen molar-refractivity contribution < 1.29 is 8.78 Å². The Morgan fingerprint density at radius 2 is 2.06 bits per heavy atom. The number of hydrogen-bond donors (Lipinski definition) is 1. The van der Waals surface area contributed by atoms with Crippen molar-refractivity contribution in [1.82, 2.24) is 0 Å². The molecule has 0 saturated carbocycles. The molecule has 0 bridgehead atoms. The summed E-state index contributed by atoms with van der Waals surface area (Å²) in [5.41, 5.74) is 6.08. The van der Waals surface area contributed by atoms with E-state index in [1.54, 1.807) is 11.8 Å². The molecule has 2 N–H and O–H groups in total. The lowest BCUT2D eigenvalue weighted by molar-refractivity contribution is 0.582. The van der Waals surface area contributed by atoms with E-state index in [0.717, 1.165) is 18.2 Å². The van der Waals surface area contributed by atoms with E-state index >= 15 is 0 Å². The van der Waals surface area contributed by atoms with Crippen LogP contribution in [0.25, 0.3) is 0 Å². The smallest absolute Gasteiger partial charge is 0.151 e. The predicted molar refractivity (Wildman–Crippen MR) is 71.6 cm³/mol. The maximum Gasteiger partial charge on any atom is 0.151 e. The molecule has 96 valence electrons. The Bertz CT molecular complexity index is 385. The third kappa shape index (κ3) is 3.25. The topological polar surface area (TPSA) is 29.3 Å². The Kier molecular flexibility index (Phi) is 5.05. The average Bonchev–Trinajstić information content (AvgIpc) is 2.29. The van der Waals surface area contributed by atoms with E-state index in [-0.39, 0.29) is 11.7 Å². The summed E-state index contributed by atoms with van der Waals surface area (Å²) in [6, 6.07) is 2.30. The van der Waals surface area contributed by atoms with Crippen molar-refractivity contribution in [3.05, 3.63) is 23.8 Å². The van der Waals surface area contributed by atoms with Gasteiger partial charge >= 0.3 is 0 Å². The number of hydrogen-bond acceptors (Lipinski definition) is 3. The molecule has 2 nitrogen and oxygen atoms in total. The van der Waals surface area contributed by atoms with Crippen LogP contribution in [0.4, 0.5) is 20.2 Å². The highest BCUT2D eigenvalue weighted by Crippen LogP contribution is 2.29. The van der Waals surface area contributed by atoms with Crippen LogP contribution in [0, 0.1) is 11.6 Å². The average molecular weight is 260 g/mol. The van der Waals surface area contributed by atoms with Crippen LogP contribution in [0.3, 0.4) is 0 Å². The summed E-state index contributed by atoms with van der Waals surface area (Å²) in [6.07, 6.45) is 2.90. The summed E-state index contributed by atoms with van der Waals surface area (Å²) < 4.78 is 26.6. The molecule has 0 aliphatic heterocycles. The first kappa shape index (κ1) is 14.1. The van der Waals surface area contributed by atoms with Gasteiger partial charge in [-0.1, -0.05) is 6.92 Å². The molecule has 0 aromatic heterocycles. The number of nitrogens with zero attached hydrogens (tertiary/aromatic N) is 1. The number of anilines is 2. The van der Waals surface area contributed by atoms with Gasteiger partial charge in [-0.05, 0) is 18.7 Å². The Morgan fingerprint density at radius 3 is 2.59 bits per heavy atom. The van der Waals surface area contributed by atoms with Gasteiger partial charge in [0.05, 0.1) is 11.4 Å². The zero-order valence-corrected chi connectivity index (χ0v) is 11.2. The molecule has 0 fully saturated rings. The van der Waals surface area contributed by atoms with E-state index in [1.807, 2.05) is 25.1 Å². The molecule has 1 aromatic rings. The van der Waals surface area contributed by atoms with Gasteiger partial charge in [-0.15, -0.1) is 0 Å². The second-order valence-corrected chi connectivity index (χ2v) is 4.86. The lowest BCUT2D eigenvalue weighted by atomic mass is 10.1. The monoisotopic (exact) mass is 260 g/mol. The summed E-state index contributed by atoms with van der Waals surface area (Å²) in [5.74, 6) is -0.409. The summed E-state index contributed by atoms with van der Waals surface area (Å²) in [7, 11) is 1.81. The van der Waals surface area contributed by atoms with Gasteiger partial charge in [0.2, 0.25) is 0 Å². The molecule has 17 heavy (non-hydrogen) atoms. The second-order valence-electron chi connectivity index (χ2n) is 3.95. The number of halogens is 2. The van der Waals surface area contributed by atoms with Gasteiger partial charge < -0.3 is 10.6 Å². The van der Waals surface area contributed by atoms with Crippen LogP contribution < -0.4 is 10.6 Å². The van der Waals surface area contributed by atoms with Crippen molar-refractivity contribution in [2.45, 2.75) is 19.4 Å². The van der Waals surface area contributed by atoms with Gasteiger partial charge in [-0.25, -0.2) is 8.78 Å². The highest BCUT2D eigenvalue weighted by molar-refractivity contribution is 7.98. The molecule has 0 saturated heterocycles. The quantitative estimate of drug-likeness (QED) is 0.825. The first-order valence-corrected chi connectivity index (χ1v) is 6.86. The fraction of sp³-hybridized carbons (Fsp3) is 0.500. The molecule has 1 rings (SSSR count). The van der Waals surface area contributed by atoms with Gasteiger partial charge in [0.25, 0.3) is 0 Å². The summed E-state index contributed by atoms with van der Waals surface area (Å²) in [6.45, 7) is 2.04. The van der Waals surface area contributed by atoms with Crippen LogP contribution >= 0.6 is 11.8 Å². The highest BCUT2D eigenvalue weighted by Gasteiger charge is 2.18. The van der Waals surface area contributed by atoms with E-state index in [1.165, 1.54) is 6.07 Å². The standard InChI is InChI=1S/C12H18F2N2S/c1-4-9(7-17-3)16(2)11-6-8(13)5-10(14)12(11)15/h5-6,9H,4,7,15H2,1-3H3. The van der Waals surface area contributed by atoms with E-state index in [4.69, 9.17) is 5.73 Å². The number of benzene rings is 1. The zero-order valence-electron chi connectivity index (χ0n) is 10.3. The van der Waals surface area contributed by atoms with Gasteiger partial charge in [0.1, 0.15) is 5.82 Å². The number of nitrogen functional groups attached to an aromatic ring is 1. The molecule has 0 radical (unpaired) electrons. The second kappa shape index (κ2) is 6.10. The van der Waals surface area contributed by atoms with E-state index < -0.39 is 11.6 Å². The maximum atomic E-state index is 13.4. The van der Waals surface area contributed by atoms with Crippen molar-refractivity contribution >= 4 is 23.1 Å². The molecule has 1 atom stereocenters. The molecule has 1 aromatic carbocycles. The third-order valence-electron chi connectivity index (χ3n) is 2.83. The minimum absolute atomic E-state index is 0.00783. The Labute approximate surface area is 105 Å². The maximum absolute atomic E-state index is 13.4. The van der Waals surface area contributed by atoms with Crippen molar-refractivity contribution in [1.29, 1.82) is 0 Å². The summed E-state index contributed by atoms with van der Waals surface area (Å²) in [4.78, 5) is 1.85. The Morgan fingerprint density at radius 1 is 1.41 bits per heavy atom. The van der Waals surface area contributed by atoms with Gasteiger partial charge in [0.15, 0.2) is 5.82 Å². The van der Waals surface area contributed by atoms with E-state index in [2.05, 4.69) is 0 Å².